The summed E-state index contributed by atoms with van der Waals surface area (Å²) in [5.74, 6) is 0.351. The maximum absolute atomic E-state index is 12.2. The largest absolute Gasteiger partial charge is 0.445 e. The summed E-state index contributed by atoms with van der Waals surface area (Å²) in [7, 11) is 1.61. The quantitative estimate of drug-likeness (QED) is 0.564. The summed E-state index contributed by atoms with van der Waals surface area (Å²) in [4.78, 5) is 20.8. The molecule has 5 heteroatoms. The van der Waals surface area contributed by atoms with E-state index in [0.717, 1.165) is 33.4 Å². The highest BCUT2D eigenvalue weighted by Gasteiger charge is 2.17. The van der Waals surface area contributed by atoms with E-state index in [9.17, 15) is 4.79 Å². The van der Waals surface area contributed by atoms with Gasteiger partial charge in [-0.15, -0.1) is 0 Å². The maximum Gasteiger partial charge on any atom is 0.269 e. The average molecular weight is 369 g/mol. The van der Waals surface area contributed by atoms with E-state index in [4.69, 9.17) is 4.42 Å². The molecule has 0 radical (unpaired) electrons. The first-order valence-corrected chi connectivity index (χ1v) is 8.96. The van der Waals surface area contributed by atoms with Crippen LogP contribution >= 0.6 is 0 Å². The van der Waals surface area contributed by atoms with E-state index < -0.39 is 0 Å². The van der Waals surface area contributed by atoms with Crippen molar-refractivity contribution in [1.29, 1.82) is 0 Å². The molecule has 2 aromatic carbocycles. The Morgan fingerprint density at radius 3 is 2.43 bits per heavy atom. The van der Waals surface area contributed by atoms with Crippen molar-refractivity contribution in [2.45, 2.75) is 6.92 Å². The third kappa shape index (κ3) is 3.18. The van der Waals surface area contributed by atoms with Crippen molar-refractivity contribution in [3.05, 3.63) is 84.5 Å². The standard InChI is InChI=1S/C23H19N3O2/c1-15-18(10-11-25-21(15)22(27)24-2)20-14-17(23-26-12-13-28-23)8-9-19(20)16-6-4-3-5-7-16/h3-14H,1-2H3,(H,24,27). The molecule has 4 aromatic rings. The van der Waals surface area contributed by atoms with E-state index in [2.05, 4.69) is 33.5 Å². The molecule has 28 heavy (non-hydrogen) atoms. The molecule has 0 aliphatic carbocycles. The van der Waals surface area contributed by atoms with Gasteiger partial charge in [0.15, 0.2) is 0 Å². The Bertz CT molecular complexity index is 1120. The van der Waals surface area contributed by atoms with Crippen LogP contribution in [0.15, 0.2) is 77.7 Å². The fraction of sp³-hybridized carbons (Fsp3) is 0.0870. The zero-order valence-electron chi connectivity index (χ0n) is 15.6. The smallest absolute Gasteiger partial charge is 0.269 e. The predicted molar refractivity (Wildman–Crippen MR) is 109 cm³/mol. The summed E-state index contributed by atoms with van der Waals surface area (Å²) >= 11 is 0. The lowest BCUT2D eigenvalue weighted by Gasteiger charge is -2.15. The fourth-order valence-corrected chi connectivity index (χ4v) is 3.31. The van der Waals surface area contributed by atoms with Crippen molar-refractivity contribution < 1.29 is 9.21 Å². The number of benzene rings is 2. The number of rotatable bonds is 4. The molecule has 0 fully saturated rings. The van der Waals surface area contributed by atoms with Crippen LogP contribution in [0.3, 0.4) is 0 Å². The van der Waals surface area contributed by atoms with Gasteiger partial charge in [0, 0.05) is 18.8 Å². The summed E-state index contributed by atoms with van der Waals surface area (Å²) < 4.78 is 5.48. The Balaban J connectivity index is 1.96. The van der Waals surface area contributed by atoms with Gasteiger partial charge in [-0.3, -0.25) is 9.78 Å². The number of hydrogen-bond acceptors (Lipinski definition) is 4. The van der Waals surface area contributed by atoms with Crippen molar-refractivity contribution in [2.75, 3.05) is 7.05 Å². The molecule has 0 spiro atoms. The molecular formula is C23H19N3O2. The van der Waals surface area contributed by atoms with Crippen LogP contribution in [0, 0.1) is 6.92 Å². The first-order valence-electron chi connectivity index (χ1n) is 8.96. The van der Waals surface area contributed by atoms with Crippen molar-refractivity contribution in [2.24, 2.45) is 0 Å². The minimum Gasteiger partial charge on any atom is -0.445 e. The SMILES string of the molecule is CNC(=O)c1nccc(-c2cc(-c3ncco3)ccc2-c2ccccc2)c1C. The molecule has 0 unspecified atom stereocenters. The van der Waals surface area contributed by atoms with E-state index >= 15 is 0 Å². The van der Waals surface area contributed by atoms with Gasteiger partial charge in [0.25, 0.3) is 5.91 Å². The minimum atomic E-state index is -0.204. The lowest BCUT2D eigenvalue weighted by atomic mass is 9.90. The predicted octanol–water partition coefficient (Wildman–Crippen LogP) is 4.74. The second-order valence-corrected chi connectivity index (χ2v) is 6.37. The van der Waals surface area contributed by atoms with E-state index in [0.29, 0.717) is 11.6 Å². The van der Waals surface area contributed by atoms with Crippen LogP contribution in [-0.4, -0.2) is 22.9 Å². The third-order valence-corrected chi connectivity index (χ3v) is 4.72. The van der Waals surface area contributed by atoms with E-state index in [1.165, 1.54) is 0 Å². The molecule has 2 heterocycles. The molecule has 5 nitrogen and oxygen atoms in total. The number of nitrogens with zero attached hydrogens (tertiary/aromatic N) is 2. The van der Waals surface area contributed by atoms with Gasteiger partial charge < -0.3 is 9.73 Å². The highest BCUT2D eigenvalue weighted by molar-refractivity contribution is 5.97. The highest BCUT2D eigenvalue weighted by Crippen LogP contribution is 2.37. The van der Waals surface area contributed by atoms with Gasteiger partial charge in [-0.1, -0.05) is 36.4 Å². The summed E-state index contributed by atoms with van der Waals surface area (Å²) in [5, 5.41) is 2.65. The number of amides is 1. The van der Waals surface area contributed by atoms with E-state index in [1.807, 2.05) is 43.3 Å². The lowest BCUT2D eigenvalue weighted by Crippen LogP contribution is -2.20. The monoisotopic (exact) mass is 369 g/mol. The van der Waals surface area contributed by atoms with Gasteiger partial charge in [0.2, 0.25) is 5.89 Å². The Morgan fingerprint density at radius 2 is 1.71 bits per heavy atom. The molecule has 4 rings (SSSR count). The molecule has 0 aliphatic heterocycles. The van der Waals surface area contributed by atoms with Gasteiger partial charge in [-0.25, -0.2) is 4.98 Å². The van der Waals surface area contributed by atoms with E-state index in [1.54, 1.807) is 25.7 Å². The van der Waals surface area contributed by atoms with Gasteiger partial charge in [-0.05, 0) is 52.9 Å². The number of carbonyl (C=O) groups is 1. The summed E-state index contributed by atoms with van der Waals surface area (Å²) in [6, 6.07) is 18.2. The summed E-state index contributed by atoms with van der Waals surface area (Å²) in [5.41, 5.74) is 6.21. The first kappa shape index (κ1) is 17.7. The van der Waals surface area contributed by atoms with Gasteiger partial charge in [0.05, 0.1) is 6.20 Å². The minimum absolute atomic E-state index is 0.204. The van der Waals surface area contributed by atoms with Gasteiger partial charge >= 0.3 is 0 Å². The third-order valence-electron chi connectivity index (χ3n) is 4.72. The van der Waals surface area contributed by atoms with Gasteiger partial charge in [-0.2, -0.15) is 0 Å². The number of aromatic nitrogens is 2. The Hall–Kier alpha value is -3.73. The molecule has 0 aliphatic rings. The number of carbonyl (C=O) groups excluding carboxylic acids is 1. The van der Waals surface area contributed by atoms with Crippen LogP contribution in [0.4, 0.5) is 0 Å². The molecule has 0 saturated carbocycles. The normalized spacial score (nSPS) is 10.6. The van der Waals surface area contributed by atoms with Crippen molar-refractivity contribution in [3.8, 4) is 33.7 Å². The van der Waals surface area contributed by atoms with Crippen LogP contribution in [0.5, 0.6) is 0 Å². The Labute approximate surface area is 163 Å². The zero-order chi connectivity index (χ0) is 19.5. The van der Waals surface area contributed by atoms with E-state index in [-0.39, 0.29) is 5.91 Å². The summed E-state index contributed by atoms with van der Waals surface area (Å²) in [6.07, 6.45) is 4.85. The van der Waals surface area contributed by atoms with Crippen LogP contribution in [-0.2, 0) is 0 Å². The molecule has 1 N–H and O–H groups in total. The lowest BCUT2D eigenvalue weighted by molar-refractivity contribution is 0.0957. The molecule has 0 atom stereocenters. The zero-order valence-corrected chi connectivity index (χ0v) is 15.6. The Morgan fingerprint density at radius 1 is 0.893 bits per heavy atom. The topological polar surface area (TPSA) is 68.0 Å². The molecule has 0 saturated heterocycles. The second kappa shape index (κ2) is 7.48. The van der Waals surface area contributed by atoms with Crippen LogP contribution in [0.1, 0.15) is 16.1 Å². The van der Waals surface area contributed by atoms with Crippen molar-refractivity contribution in [1.82, 2.24) is 15.3 Å². The van der Waals surface area contributed by atoms with Crippen molar-refractivity contribution in [3.63, 3.8) is 0 Å². The second-order valence-electron chi connectivity index (χ2n) is 6.37. The number of nitrogens with one attached hydrogen (secondary N) is 1. The number of hydrogen-bond donors (Lipinski definition) is 1. The van der Waals surface area contributed by atoms with Crippen LogP contribution in [0.25, 0.3) is 33.7 Å². The molecule has 2 aromatic heterocycles. The maximum atomic E-state index is 12.2. The molecule has 0 bridgehead atoms. The van der Waals surface area contributed by atoms with Crippen LogP contribution in [0.2, 0.25) is 0 Å². The number of oxazole rings is 1. The Kier molecular flexibility index (Phi) is 4.72. The molecule has 138 valence electrons. The van der Waals surface area contributed by atoms with Gasteiger partial charge in [0.1, 0.15) is 12.0 Å². The average Bonchev–Trinajstić information content (AvgIpc) is 3.28. The van der Waals surface area contributed by atoms with Crippen LogP contribution < -0.4 is 5.32 Å². The first-order chi connectivity index (χ1) is 13.7. The molecular weight excluding hydrogens is 350 g/mol. The highest BCUT2D eigenvalue weighted by atomic mass is 16.3. The molecule has 1 amide bonds. The summed E-state index contributed by atoms with van der Waals surface area (Å²) in [6.45, 7) is 1.92. The number of pyridine rings is 1. The fourth-order valence-electron chi connectivity index (χ4n) is 3.31. The van der Waals surface area contributed by atoms with Crippen molar-refractivity contribution >= 4 is 5.91 Å².